The fraction of sp³-hybridized carbons (Fsp3) is 0.615. The van der Waals surface area contributed by atoms with Crippen LogP contribution in [0.2, 0.25) is 0 Å². The Morgan fingerprint density at radius 3 is 2.53 bits per heavy atom. The molecule has 15 heavy (non-hydrogen) atoms. The van der Waals surface area contributed by atoms with Gasteiger partial charge in [0.05, 0.1) is 0 Å². The van der Waals surface area contributed by atoms with E-state index < -0.39 is 0 Å². The van der Waals surface area contributed by atoms with Crippen LogP contribution in [0, 0.1) is 0 Å². The fourth-order valence-electron chi connectivity index (χ4n) is 1.67. The van der Waals surface area contributed by atoms with Crippen LogP contribution in [0.4, 0.5) is 0 Å². The molecule has 0 aromatic carbocycles. The molecule has 0 saturated carbocycles. The Labute approximate surface area is 97.7 Å². The molecule has 0 unspecified atom stereocenters. The summed E-state index contributed by atoms with van der Waals surface area (Å²) in [6.45, 7) is 6.94. The molecule has 0 atom stereocenters. The number of rotatable bonds is 6. The van der Waals surface area contributed by atoms with Crippen LogP contribution in [-0.4, -0.2) is 15.5 Å². The first-order chi connectivity index (χ1) is 7.14. The van der Waals surface area contributed by atoms with Crippen LogP contribution in [-0.2, 0) is 6.42 Å². The minimum absolute atomic E-state index is 0.432. The molecule has 0 aliphatic heterocycles. The number of nitrogens with zero attached hydrogens (tertiary/aromatic N) is 1. The van der Waals surface area contributed by atoms with Gasteiger partial charge in [0.1, 0.15) is 0 Å². The maximum atomic E-state index is 4.02. The predicted octanol–water partition coefficient (Wildman–Crippen LogP) is 3.94. The molecule has 1 nitrogen and oxygen atoms in total. The summed E-state index contributed by atoms with van der Waals surface area (Å²) >= 11 is 2.08. The summed E-state index contributed by atoms with van der Waals surface area (Å²) < 4.78 is 0.432. The number of hydrogen-bond donors (Lipinski definition) is 0. The van der Waals surface area contributed by atoms with Gasteiger partial charge in [-0.05, 0) is 36.3 Å². The number of pyridine rings is 1. The van der Waals surface area contributed by atoms with Gasteiger partial charge in [0.15, 0.2) is 0 Å². The second-order valence-corrected chi connectivity index (χ2v) is 6.27. The van der Waals surface area contributed by atoms with Gasteiger partial charge < -0.3 is 0 Å². The van der Waals surface area contributed by atoms with Crippen molar-refractivity contribution < 1.29 is 0 Å². The van der Waals surface area contributed by atoms with Gasteiger partial charge in [0, 0.05) is 17.1 Å². The molecule has 0 amide bonds. The van der Waals surface area contributed by atoms with Gasteiger partial charge in [-0.1, -0.05) is 27.2 Å². The topological polar surface area (TPSA) is 12.9 Å². The average Bonchev–Trinajstić information content (AvgIpc) is 2.19. The predicted molar refractivity (Wildman–Crippen MR) is 69.4 cm³/mol. The molecule has 0 aliphatic rings. The van der Waals surface area contributed by atoms with Crippen molar-refractivity contribution in [1.29, 1.82) is 0 Å². The molecule has 0 saturated heterocycles. The van der Waals surface area contributed by atoms with E-state index in [1.807, 2.05) is 12.4 Å². The molecule has 0 bridgehead atoms. The van der Waals surface area contributed by atoms with Gasteiger partial charge in [-0.15, -0.1) is 0 Å². The molecule has 0 spiro atoms. The van der Waals surface area contributed by atoms with E-state index in [1.54, 1.807) is 0 Å². The number of hydrogen-bond acceptors (Lipinski definition) is 2. The third-order valence-electron chi connectivity index (χ3n) is 2.48. The van der Waals surface area contributed by atoms with Crippen LogP contribution in [0.1, 0.15) is 39.2 Å². The molecule has 1 aromatic heterocycles. The lowest BCUT2D eigenvalue weighted by Crippen LogP contribution is -2.15. The zero-order valence-corrected chi connectivity index (χ0v) is 10.8. The molecule has 84 valence electrons. The molecule has 1 aromatic rings. The first-order valence-corrected chi connectivity index (χ1v) is 6.65. The molecule has 0 aliphatic carbocycles. The Morgan fingerprint density at radius 1 is 1.27 bits per heavy atom. The highest BCUT2D eigenvalue weighted by Crippen LogP contribution is 2.29. The molecule has 1 heterocycles. The smallest absolute Gasteiger partial charge is 0.0270 e. The standard InChI is InChI=1S/C13H21NS/c1-4-8-13(2,3)15-11-7-12-5-9-14-10-6-12/h5-6,9-10H,4,7-8,11H2,1-3H3. The normalized spacial score (nSPS) is 11.7. The highest BCUT2D eigenvalue weighted by molar-refractivity contribution is 8.00. The van der Waals surface area contributed by atoms with Gasteiger partial charge in [-0.3, -0.25) is 4.98 Å². The first-order valence-electron chi connectivity index (χ1n) is 5.67. The van der Waals surface area contributed by atoms with Gasteiger partial charge in [0.25, 0.3) is 0 Å². The van der Waals surface area contributed by atoms with E-state index in [0.29, 0.717) is 4.75 Å². The van der Waals surface area contributed by atoms with Crippen LogP contribution in [0.5, 0.6) is 0 Å². The number of thioether (sulfide) groups is 1. The summed E-state index contributed by atoms with van der Waals surface area (Å²) in [5.41, 5.74) is 1.39. The van der Waals surface area contributed by atoms with E-state index in [-0.39, 0.29) is 0 Å². The monoisotopic (exact) mass is 223 g/mol. The Kier molecular flexibility index (Phi) is 5.16. The highest BCUT2D eigenvalue weighted by Gasteiger charge is 2.16. The minimum Gasteiger partial charge on any atom is -0.265 e. The second-order valence-electron chi connectivity index (χ2n) is 4.46. The molecule has 2 heteroatoms. The van der Waals surface area contributed by atoms with Crippen molar-refractivity contribution in [3.63, 3.8) is 0 Å². The Bertz CT molecular complexity index is 269. The quantitative estimate of drug-likeness (QED) is 0.724. The Morgan fingerprint density at radius 2 is 1.93 bits per heavy atom. The molecular formula is C13H21NS. The average molecular weight is 223 g/mol. The number of aromatic nitrogens is 1. The zero-order chi connectivity index (χ0) is 11.1. The number of aryl methyl sites for hydroxylation is 1. The summed E-state index contributed by atoms with van der Waals surface area (Å²) in [6, 6.07) is 4.21. The minimum atomic E-state index is 0.432. The van der Waals surface area contributed by atoms with Crippen molar-refractivity contribution in [3.8, 4) is 0 Å². The third kappa shape index (κ3) is 5.22. The summed E-state index contributed by atoms with van der Waals surface area (Å²) in [7, 11) is 0. The van der Waals surface area contributed by atoms with Crippen LogP contribution in [0.25, 0.3) is 0 Å². The van der Waals surface area contributed by atoms with E-state index in [0.717, 1.165) is 6.42 Å². The van der Waals surface area contributed by atoms with Crippen molar-refractivity contribution in [1.82, 2.24) is 4.98 Å². The summed E-state index contributed by atoms with van der Waals surface area (Å²) in [5.74, 6) is 1.21. The molecular weight excluding hydrogens is 202 g/mol. The van der Waals surface area contributed by atoms with E-state index >= 15 is 0 Å². The lowest BCUT2D eigenvalue weighted by atomic mass is 10.1. The molecule has 0 radical (unpaired) electrons. The zero-order valence-electron chi connectivity index (χ0n) is 9.99. The van der Waals surface area contributed by atoms with E-state index in [9.17, 15) is 0 Å². The maximum Gasteiger partial charge on any atom is 0.0270 e. The van der Waals surface area contributed by atoms with Crippen LogP contribution >= 0.6 is 11.8 Å². The van der Waals surface area contributed by atoms with Gasteiger partial charge in [-0.2, -0.15) is 11.8 Å². The van der Waals surface area contributed by atoms with Gasteiger partial charge >= 0.3 is 0 Å². The van der Waals surface area contributed by atoms with Crippen molar-refractivity contribution in [3.05, 3.63) is 30.1 Å². The molecule has 1 rings (SSSR count). The van der Waals surface area contributed by atoms with E-state index in [2.05, 4.69) is 49.6 Å². The summed E-state index contributed by atoms with van der Waals surface area (Å²) in [4.78, 5) is 4.02. The Hall–Kier alpha value is -0.500. The molecule has 0 N–H and O–H groups in total. The van der Waals surface area contributed by atoms with Crippen LogP contribution < -0.4 is 0 Å². The van der Waals surface area contributed by atoms with Gasteiger partial charge in [-0.25, -0.2) is 0 Å². The third-order valence-corrected chi connectivity index (χ3v) is 3.88. The first kappa shape index (κ1) is 12.6. The van der Waals surface area contributed by atoms with Crippen molar-refractivity contribution >= 4 is 11.8 Å². The van der Waals surface area contributed by atoms with E-state index in [1.165, 1.54) is 24.2 Å². The highest BCUT2D eigenvalue weighted by atomic mass is 32.2. The lowest BCUT2D eigenvalue weighted by molar-refractivity contribution is 0.626. The van der Waals surface area contributed by atoms with Crippen LogP contribution in [0.15, 0.2) is 24.5 Å². The Balaban J connectivity index is 2.27. The van der Waals surface area contributed by atoms with Crippen LogP contribution in [0.3, 0.4) is 0 Å². The van der Waals surface area contributed by atoms with Crippen molar-refractivity contribution in [2.24, 2.45) is 0 Å². The van der Waals surface area contributed by atoms with Crippen molar-refractivity contribution in [2.45, 2.75) is 44.8 Å². The van der Waals surface area contributed by atoms with Crippen molar-refractivity contribution in [2.75, 3.05) is 5.75 Å². The van der Waals surface area contributed by atoms with Gasteiger partial charge in [0.2, 0.25) is 0 Å². The fourth-order valence-corrected chi connectivity index (χ4v) is 2.91. The summed E-state index contributed by atoms with van der Waals surface area (Å²) in [5, 5.41) is 0. The largest absolute Gasteiger partial charge is 0.265 e. The molecule has 0 fully saturated rings. The lowest BCUT2D eigenvalue weighted by Gasteiger charge is -2.23. The summed E-state index contributed by atoms with van der Waals surface area (Å²) in [6.07, 6.45) is 7.47. The SMILES string of the molecule is CCCC(C)(C)SCCc1ccncc1. The maximum absolute atomic E-state index is 4.02. The second kappa shape index (κ2) is 6.16. The van der Waals surface area contributed by atoms with E-state index in [4.69, 9.17) is 0 Å².